The molecule has 0 amide bonds. The summed E-state index contributed by atoms with van der Waals surface area (Å²) >= 11 is 0. The minimum Gasteiger partial charge on any atom is -0.494 e. The van der Waals surface area contributed by atoms with Gasteiger partial charge in [-0.1, -0.05) is 18.7 Å². The van der Waals surface area contributed by atoms with Gasteiger partial charge in [-0.2, -0.15) is 4.98 Å². The van der Waals surface area contributed by atoms with Gasteiger partial charge >= 0.3 is 5.69 Å². The minimum absolute atomic E-state index is 0.275. The first-order valence-electron chi connectivity index (χ1n) is 11.8. The van der Waals surface area contributed by atoms with E-state index in [2.05, 4.69) is 42.0 Å². The molecule has 11 nitrogen and oxygen atoms in total. The van der Waals surface area contributed by atoms with E-state index in [0.717, 1.165) is 18.8 Å². The molecule has 0 aliphatic rings. The maximum Gasteiger partial charge on any atom is 0.332 e. The summed E-state index contributed by atoms with van der Waals surface area (Å²) in [5, 5.41) is 16.5. The van der Waals surface area contributed by atoms with Gasteiger partial charge in [0.2, 0.25) is 5.95 Å². The van der Waals surface area contributed by atoms with E-state index in [4.69, 9.17) is 4.74 Å². The fourth-order valence-corrected chi connectivity index (χ4v) is 3.89. The van der Waals surface area contributed by atoms with E-state index >= 15 is 0 Å². The first kappa shape index (κ1) is 25.7. The molecule has 1 unspecified atom stereocenters. The number of hydrogen-bond acceptors (Lipinski definition) is 9. The van der Waals surface area contributed by atoms with E-state index in [1.54, 1.807) is 19.4 Å². The van der Waals surface area contributed by atoms with E-state index in [-0.39, 0.29) is 11.6 Å². The molecule has 194 valence electrons. The molecule has 0 aliphatic heterocycles. The molecule has 0 bridgehead atoms. The van der Waals surface area contributed by atoms with E-state index < -0.39 is 6.23 Å². The van der Waals surface area contributed by atoms with E-state index in [1.807, 2.05) is 57.5 Å². The molecule has 0 spiro atoms. The number of fused-ring (bicyclic) bond motifs is 1. The van der Waals surface area contributed by atoms with Crippen LogP contribution in [0.5, 0.6) is 5.75 Å². The van der Waals surface area contributed by atoms with Crippen LogP contribution in [0.3, 0.4) is 0 Å². The summed E-state index contributed by atoms with van der Waals surface area (Å²) < 4.78 is 7.17. The molecule has 0 fully saturated rings. The van der Waals surface area contributed by atoms with Crippen LogP contribution < -0.4 is 26.0 Å². The van der Waals surface area contributed by atoms with Crippen LogP contribution >= 0.6 is 0 Å². The lowest BCUT2D eigenvalue weighted by Crippen LogP contribution is -2.29. The van der Waals surface area contributed by atoms with Gasteiger partial charge in [0.25, 0.3) is 0 Å². The lowest BCUT2D eigenvalue weighted by atomic mass is 10.2. The van der Waals surface area contributed by atoms with Crippen molar-refractivity contribution < 1.29 is 9.84 Å². The number of benzene rings is 2. The van der Waals surface area contributed by atoms with Crippen molar-refractivity contribution in [2.45, 2.75) is 6.23 Å². The normalized spacial score (nSPS) is 11.9. The third-order valence-corrected chi connectivity index (χ3v) is 5.84. The predicted octanol–water partition coefficient (Wildman–Crippen LogP) is 2.78. The summed E-state index contributed by atoms with van der Waals surface area (Å²) in [6, 6.07) is 12.8. The number of anilines is 4. The third kappa shape index (κ3) is 5.74. The predicted molar refractivity (Wildman–Crippen MR) is 147 cm³/mol. The summed E-state index contributed by atoms with van der Waals surface area (Å²) in [6.07, 6.45) is 2.04. The number of para-hydroxylation sites is 2. The number of aromatic nitrogens is 4. The fraction of sp³-hybridized carbons (Fsp3) is 0.269. The number of nitrogens with one attached hydrogen (secondary N) is 3. The number of imidazole rings is 1. The molecule has 2 aromatic heterocycles. The minimum atomic E-state index is -0.949. The zero-order valence-electron chi connectivity index (χ0n) is 21.4. The molecular weight excluding hydrogens is 472 g/mol. The second-order valence-corrected chi connectivity index (χ2v) is 8.77. The van der Waals surface area contributed by atoms with Gasteiger partial charge in [-0.15, -0.1) is 0 Å². The molecule has 2 heterocycles. The second kappa shape index (κ2) is 11.1. The highest BCUT2D eigenvalue weighted by Crippen LogP contribution is 2.38. The van der Waals surface area contributed by atoms with Crippen molar-refractivity contribution in [1.29, 1.82) is 0 Å². The lowest BCUT2D eigenvalue weighted by molar-refractivity contribution is 0.253. The highest BCUT2D eigenvalue weighted by Gasteiger charge is 2.17. The number of ether oxygens (including phenoxy) is 1. The van der Waals surface area contributed by atoms with Gasteiger partial charge in [0.05, 0.1) is 35.2 Å². The first-order chi connectivity index (χ1) is 17.8. The first-order valence-corrected chi connectivity index (χ1v) is 11.8. The van der Waals surface area contributed by atoms with Crippen LogP contribution in [-0.4, -0.2) is 77.1 Å². The Kier molecular flexibility index (Phi) is 7.75. The number of nitrogens with zero attached hydrogens (tertiary/aromatic N) is 5. The number of H-pyrrole nitrogens is 1. The molecule has 11 heteroatoms. The molecular formula is C26H32N8O3. The highest BCUT2D eigenvalue weighted by molar-refractivity contribution is 5.81. The van der Waals surface area contributed by atoms with Crippen molar-refractivity contribution in [1.82, 2.24) is 24.4 Å². The maximum absolute atomic E-state index is 12.6. The van der Waals surface area contributed by atoms with Crippen molar-refractivity contribution in [3.63, 3.8) is 0 Å². The van der Waals surface area contributed by atoms with E-state index in [9.17, 15) is 9.90 Å². The Morgan fingerprint density at radius 1 is 1.19 bits per heavy atom. The van der Waals surface area contributed by atoms with Crippen LogP contribution in [0.2, 0.25) is 0 Å². The standard InChI is InChI=1S/C26H32N8O3/c1-6-24(35)28-18-15-19(22(37-5)16-21(18)33(4)14-13-32(2)3)29-25-27-12-11-23(31-25)34-20-10-8-7-9-17(20)30-26(34)36/h6-12,15-16,24,28,35H,1,13-14H2,2-5H3,(H,30,36)(H,27,29,31). The largest absolute Gasteiger partial charge is 0.494 e. The van der Waals surface area contributed by atoms with Crippen molar-refractivity contribution in [2.75, 3.05) is 56.9 Å². The molecule has 4 rings (SSSR count). The summed E-state index contributed by atoms with van der Waals surface area (Å²) in [6.45, 7) is 5.25. The number of aliphatic hydroxyl groups is 1. The molecule has 2 aromatic carbocycles. The number of aromatic amines is 1. The van der Waals surface area contributed by atoms with Crippen molar-refractivity contribution in [2.24, 2.45) is 0 Å². The number of likely N-dealkylation sites (N-methyl/N-ethyl adjacent to an activating group) is 2. The number of methoxy groups -OCH3 is 1. The molecule has 1 atom stereocenters. The SMILES string of the molecule is C=CC(O)Nc1cc(Nc2nccc(-n3c(=O)[nH]c4ccccc43)n2)c(OC)cc1N(C)CCN(C)C. The average molecular weight is 505 g/mol. The van der Waals surface area contributed by atoms with Crippen LogP contribution in [0.4, 0.5) is 23.0 Å². The van der Waals surface area contributed by atoms with Crippen molar-refractivity contribution >= 4 is 34.0 Å². The van der Waals surface area contributed by atoms with Gasteiger partial charge in [-0.05, 0) is 38.4 Å². The van der Waals surface area contributed by atoms with Crippen LogP contribution in [0.15, 0.2) is 66.1 Å². The molecule has 0 saturated heterocycles. The topological polar surface area (TPSA) is 124 Å². The fourth-order valence-electron chi connectivity index (χ4n) is 3.89. The maximum atomic E-state index is 12.6. The number of hydrogen-bond donors (Lipinski definition) is 4. The van der Waals surface area contributed by atoms with Gasteiger partial charge in [-0.25, -0.2) is 14.3 Å². The molecule has 0 aliphatic carbocycles. The summed E-state index contributed by atoms with van der Waals surface area (Å²) in [4.78, 5) is 28.6. The molecule has 0 radical (unpaired) electrons. The Balaban J connectivity index is 1.71. The van der Waals surface area contributed by atoms with Gasteiger partial charge in [0, 0.05) is 38.5 Å². The zero-order chi connectivity index (χ0) is 26.5. The quantitative estimate of drug-likeness (QED) is 0.180. The summed E-state index contributed by atoms with van der Waals surface area (Å²) in [5.41, 5.74) is 3.22. The van der Waals surface area contributed by atoms with Crippen molar-refractivity contribution in [3.8, 4) is 11.6 Å². The average Bonchev–Trinajstić information content (AvgIpc) is 3.23. The second-order valence-electron chi connectivity index (χ2n) is 8.77. The Hall–Kier alpha value is -4.35. The van der Waals surface area contributed by atoms with Gasteiger partial charge in [-0.3, -0.25) is 0 Å². The van der Waals surface area contributed by atoms with Gasteiger partial charge in [0.15, 0.2) is 0 Å². The van der Waals surface area contributed by atoms with Crippen LogP contribution in [-0.2, 0) is 0 Å². The summed E-state index contributed by atoms with van der Waals surface area (Å²) in [7, 11) is 7.59. The van der Waals surface area contributed by atoms with Gasteiger partial charge < -0.3 is 35.3 Å². The zero-order valence-corrected chi connectivity index (χ0v) is 21.4. The number of aliphatic hydroxyl groups excluding tert-OH is 1. The molecule has 37 heavy (non-hydrogen) atoms. The van der Waals surface area contributed by atoms with Gasteiger partial charge in [0.1, 0.15) is 17.8 Å². The molecule has 4 N–H and O–H groups in total. The van der Waals surface area contributed by atoms with E-state index in [1.165, 1.54) is 10.6 Å². The Labute approximate surface area is 215 Å². The Bertz CT molecular complexity index is 1450. The van der Waals surface area contributed by atoms with Crippen LogP contribution in [0.1, 0.15) is 0 Å². The smallest absolute Gasteiger partial charge is 0.332 e. The Morgan fingerprint density at radius 2 is 1.97 bits per heavy atom. The van der Waals surface area contributed by atoms with Crippen LogP contribution in [0, 0.1) is 0 Å². The van der Waals surface area contributed by atoms with E-state index in [0.29, 0.717) is 34.0 Å². The molecule has 4 aromatic rings. The van der Waals surface area contributed by atoms with Crippen molar-refractivity contribution in [3.05, 3.63) is 71.8 Å². The monoisotopic (exact) mass is 504 g/mol. The summed E-state index contributed by atoms with van der Waals surface area (Å²) in [5.74, 6) is 1.25. The number of rotatable bonds is 11. The Morgan fingerprint density at radius 3 is 2.70 bits per heavy atom. The third-order valence-electron chi connectivity index (χ3n) is 5.84. The van der Waals surface area contributed by atoms with Crippen LogP contribution in [0.25, 0.3) is 16.9 Å². The lowest BCUT2D eigenvalue weighted by Gasteiger charge is -2.27. The molecule has 0 saturated carbocycles. The highest BCUT2D eigenvalue weighted by atomic mass is 16.5.